The van der Waals surface area contributed by atoms with E-state index < -0.39 is 66.3 Å². The van der Waals surface area contributed by atoms with E-state index in [1.54, 1.807) is 0 Å². The van der Waals surface area contributed by atoms with Gasteiger partial charge in [0.1, 0.15) is 9.79 Å². The fourth-order valence-electron chi connectivity index (χ4n) is 2.04. The Morgan fingerprint density at radius 1 is 0.957 bits per heavy atom. The van der Waals surface area contributed by atoms with Crippen molar-refractivity contribution in [3.63, 3.8) is 0 Å². The second-order valence-corrected chi connectivity index (χ2v) is 8.55. The third kappa shape index (κ3) is 3.25. The van der Waals surface area contributed by atoms with Crippen LogP contribution >= 0.6 is 21.2 Å². The zero-order chi connectivity index (χ0) is 17.6. The highest BCUT2D eigenvalue weighted by atomic mass is 127. The summed E-state index contributed by atoms with van der Waals surface area (Å²) in [5.74, 6) is -1.75. The van der Waals surface area contributed by atoms with Crippen molar-refractivity contribution in [1.29, 1.82) is 0 Å². The zero-order valence-corrected chi connectivity index (χ0v) is 14.6. The Labute approximate surface area is 140 Å². The van der Waals surface area contributed by atoms with E-state index in [2.05, 4.69) is 0 Å². The van der Waals surface area contributed by atoms with Crippen LogP contribution < -0.4 is 0 Å². The van der Waals surface area contributed by atoms with Gasteiger partial charge in [-0.3, -0.25) is 12.2 Å². The number of carbonyl (C=O) groups is 1. The third-order valence-electron chi connectivity index (χ3n) is 2.89. The molecule has 0 amide bonds. The van der Waals surface area contributed by atoms with E-state index in [1.807, 2.05) is 0 Å². The maximum absolute atomic E-state index is 11.5. The van der Waals surface area contributed by atoms with Gasteiger partial charge >= 0.3 is 5.97 Å². The zero-order valence-electron chi connectivity index (χ0n) is 10.8. The molecule has 0 aromatic heterocycles. The predicted octanol–water partition coefficient (Wildman–Crippen LogP) is 1.52. The molecule has 2 aromatic carbocycles. The normalized spacial score (nSPS) is 12.4. The van der Waals surface area contributed by atoms with Gasteiger partial charge in [0.25, 0.3) is 20.2 Å². The predicted molar refractivity (Wildman–Crippen MR) is 83.9 cm³/mol. The number of hydrogen-bond donors (Lipinski definition) is 3. The minimum atomic E-state index is -5.04. The monoisotopic (exact) mass is 474 g/mol. The number of benzene rings is 2. The van der Waals surface area contributed by atoms with Crippen LogP contribution in [0.15, 0.2) is 34.1 Å². The SMILES string of the molecule is O=Ic1c(C(=O)O)c(S(=O)(=O)O)cc2c(S(=O)(=O)O)cccc12. The van der Waals surface area contributed by atoms with E-state index in [-0.39, 0.29) is 10.8 Å². The second kappa shape index (κ2) is 5.86. The van der Waals surface area contributed by atoms with Crippen molar-refractivity contribution >= 4 is 58.2 Å². The second-order valence-electron chi connectivity index (χ2n) is 4.25. The average molecular weight is 474 g/mol. The highest BCUT2D eigenvalue weighted by molar-refractivity contribution is 14.1. The molecular weight excluding hydrogens is 467 g/mol. The van der Waals surface area contributed by atoms with Gasteiger partial charge < -0.3 is 5.11 Å². The first-order valence-electron chi connectivity index (χ1n) is 5.53. The summed E-state index contributed by atoms with van der Waals surface area (Å²) in [6, 6.07) is 3.98. The summed E-state index contributed by atoms with van der Waals surface area (Å²) in [4.78, 5) is 9.51. The van der Waals surface area contributed by atoms with Gasteiger partial charge in [-0.25, -0.2) is 4.79 Å². The van der Waals surface area contributed by atoms with Crippen LogP contribution in [0.25, 0.3) is 10.8 Å². The minimum Gasteiger partial charge on any atom is -0.478 e. The molecule has 0 aliphatic rings. The molecule has 0 radical (unpaired) electrons. The van der Waals surface area contributed by atoms with Crippen molar-refractivity contribution in [1.82, 2.24) is 0 Å². The van der Waals surface area contributed by atoms with Crippen molar-refractivity contribution in [2.24, 2.45) is 0 Å². The van der Waals surface area contributed by atoms with Crippen molar-refractivity contribution in [2.75, 3.05) is 0 Å². The molecule has 0 bridgehead atoms. The molecule has 0 aliphatic carbocycles. The van der Waals surface area contributed by atoms with Crippen molar-refractivity contribution in [3.05, 3.63) is 33.4 Å². The average Bonchev–Trinajstić information content (AvgIpc) is 2.42. The lowest BCUT2D eigenvalue weighted by molar-refractivity contribution is 0.0691. The maximum atomic E-state index is 11.5. The molecule has 2 aromatic rings. The molecule has 23 heavy (non-hydrogen) atoms. The van der Waals surface area contributed by atoms with E-state index in [9.17, 15) is 33.8 Å². The van der Waals surface area contributed by atoms with E-state index in [1.165, 1.54) is 12.1 Å². The fraction of sp³-hybridized carbons (Fsp3) is 0. The summed E-state index contributed by atoms with van der Waals surface area (Å²) in [7, 11) is -9.81. The van der Waals surface area contributed by atoms with Crippen LogP contribution in [0.1, 0.15) is 10.4 Å². The largest absolute Gasteiger partial charge is 0.478 e. The van der Waals surface area contributed by atoms with Crippen molar-refractivity contribution in [3.8, 4) is 0 Å². The maximum Gasteiger partial charge on any atom is 0.338 e. The smallest absolute Gasteiger partial charge is 0.338 e. The number of carboxylic acid groups (broad SMARTS) is 1. The lowest BCUT2D eigenvalue weighted by atomic mass is 10.1. The summed E-state index contributed by atoms with van der Waals surface area (Å²) in [6.07, 6.45) is 0. The van der Waals surface area contributed by atoms with Crippen molar-refractivity contribution < 1.29 is 38.9 Å². The first kappa shape index (κ1) is 17.9. The van der Waals surface area contributed by atoms with Gasteiger partial charge in [-0.1, -0.05) is 12.1 Å². The quantitative estimate of drug-likeness (QED) is 0.440. The van der Waals surface area contributed by atoms with Crippen molar-refractivity contribution in [2.45, 2.75) is 9.79 Å². The lowest BCUT2D eigenvalue weighted by Crippen LogP contribution is -2.12. The molecule has 0 saturated carbocycles. The molecule has 124 valence electrons. The highest BCUT2D eigenvalue weighted by Crippen LogP contribution is 2.35. The van der Waals surface area contributed by atoms with Crippen LogP contribution in [0.4, 0.5) is 0 Å². The number of fused-ring (bicyclic) bond motifs is 1. The molecule has 9 nitrogen and oxygen atoms in total. The first-order chi connectivity index (χ1) is 10.5. The highest BCUT2D eigenvalue weighted by Gasteiger charge is 2.28. The van der Waals surface area contributed by atoms with Gasteiger partial charge in [0, 0.05) is 10.8 Å². The summed E-state index contributed by atoms with van der Waals surface area (Å²) >= 11 is -2.25. The fourth-order valence-corrected chi connectivity index (χ4v) is 5.08. The standard InChI is InChI=1S/C11H7IO9S2/c13-11(14)9-8(23(19,20)21)4-6-5(10(9)12-15)2-1-3-7(6)22(16,17)18/h1-4H,(H,13,14)(H,16,17,18)(H,19,20,21). The molecule has 0 fully saturated rings. The number of aromatic carboxylic acids is 1. The Morgan fingerprint density at radius 3 is 1.96 bits per heavy atom. The van der Waals surface area contributed by atoms with Gasteiger partial charge in [-0.05, 0) is 12.1 Å². The lowest BCUT2D eigenvalue weighted by Gasteiger charge is -2.11. The Kier molecular flexibility index (Phi) is 4.55. The molecule has 0 spiro atoms. The topological polar surface area (TPSA) is 163 Å². The Hall–Kier alpha value is -1.48. The van der Waals surface area contributed by atoms with E-state index >= 15 is 0 Å². The third-order valence-corrected chi connectivity index (χ3v) is 6.24. The van der Waals surface area contributed by atoms with Gasteiger partial charge in [0.15, 0.2) is 21.2 Å². The summed E-state index contributed by atoms with van der Waals surface area (Å²) in [5.41, 5.74) is -0.893. The Balaban J connectivity index is 3.23. The number of rotatable bonds is 4. The Morgan fingerprint density at radius 2 is 1.52 bits per heavy atom. The van der Waals surface area contributed by atoms with Crippen LogP contribution in [0.5, 0.6) is 0 Å². The number of hydrogen-bond acceptors (Lipinski definition) is 6. The number of halogens is 1. The van der Waals surface area contributed by atoms with Crippen LogP contribution in [0, 0.1) is 3.57 Å². The van der Waals surface area contributed by atoms with Gasteiger partial charge in [0.2, 0.25) is 0 Å². The number of carboxylic acids is 1. The molecular formula is C11H7IO9S2. The van der Waals surface area contributed by atoms with Gasteiger partial charge in [-0.15, -0.1) is 0 Å². The summed E-state index contributed by atoms with van der Waals surface area (Å²) < 4.78 is 75.1. The molecule has 0 atom stereocenters. The van der Waals surface area contributed by atoms with Gasteiger partial charge in [0.05, 0.1) is 9.13 Å². The molecule has 0 saturated heterocycles. The molecule has 0 aliphatic heterocycles. The van der Waals surface area contributed by atoms with Crippen LogP contribution in [0.2, 0.25) is 0 Å². The van der Waals surface area contributed by atoms with E-state index in [0.717, 1.165) is 6.07 Å². The van der Waals surface area contributed by atoms with E-state index in [0.29, 0.717) is 6.07 Å². The van der Waals surface area contributed by atoms with Crippen LogP contribution in [-0.2, 0) is 23.3 Å². The molecule has 0 unspecified atom stereocenters. The molecule has 12 heteroatoms. The molecule has 0 heterocycles. The summed E-state index contributed by atoms with van der Waals surface area (Å²) in [6.45, 7) is 0. The first-order valence-corrected chi connectivity index (χ1v) is 10.4. The minimum absolute atomic E-state index is 0.104. The van der Waals surface area contributed by atoms with Crippen LogP contribution in [-0.4, -0.2) is 37.0 Å². The molecule has 2 rings (SSSR count). The molecule has 3 N–H and O–H groups in total. The Bertz CT molecular complexity index is 1050. The van der Waals surface area contributed by atoms with E-state index in [4.69, 9.17) is 5.11 Å². The van der Waals surface area contributed by atoms with Crippen LogP contribution in [0.3, 0.4) is 0 Å². The van der Waals surface area contributed by atoms with Gasteiger partial charge in [-0.2, -0.15) is 16.8 Å². The summed E-state index contributed by atoms with van der Waals surface area (Å²) in [5, 5.41) is 8.70.